The molecule has 0 aliphatic carbocycles. The Balaban J connectivity index is 2.30. The van der Waals surface area contributed by atoms with E-state index in [0.29, 0.717) is 12.5 Å². The van der Waals surface area contributed by atoms with E-state index in [-0.39, 0.29) is 5.91 Å². The minimum atomic E-state index is 0.247. The fourth-order valence-corrected chi connectivity index (χ4v) is 2.25. The van der Waals surface area contributed by atoms with Gasteiger partial charge in [-0.2, -0.15) is 0 Å². The average Bonchev–Trinajstić information content (AvgIpc) is 2.50. The number of hydrogen-bond donors (Lipinski definition) is 1. The zero-order valence-corrected chi connectivity index (χ0v) is 10.6. The van der Waals surface area contributed by atoms with Crippen molar-refractivity contribution in [3.05, 3.63) is 29.8 Å². The number of likely N-dealkylation sites (N-methyl/N-ethyl adjacent to an activating group) is 1. The van der Waals surface area contributed by atoms with E-state index in [1.165, 1.54) is 5.56 Å². The Kier molecular flexibility index (Phi) is 3.79. The second kappa shape index (κ2) is 5.32. The third-order valence-corrected chi connectivity index (χ3v) is 3.37. The number of benzene rings is 1. The van der Waals surface area contributed by atoms with Crippen LogP contribution in [0.1, 0.15) is 25.3 Å². The molecule has 3 nitrogen and oxygen atoms in total. The van der Waals surface area contributed by atoms with Gasteiger partial charge in [0.05, 0.1) is 0 Å². The molecule has 17 heavy (non-hydrogen) atoms. The normalized spacial score (nSPS) is 17.5. The number of carbonyl (C=O) groups is 1. The van der Waals surface area contributed by atoms with E-state index in [1.54, 1.807) is 0 Å². The first-order chi connectivity index (χ1) is 8.22. The minimum Gasteiger partial charge on any atom is -0.315 e. The summed E-state index contributed by atoms with van der Waals surface area (Å²) in [5.74, 6) is 0.247. The zero-order valence-electron chi connectivity index (χ0n) is 10.6. The number of carbonyl (C=O) groups excluding carboxylic acids is 1. The van der Waals surface area contributed by atoms with Crippen LogP contribution in [0.5, 0.6) is 0 Å². The fraction of sp³-hybridized carbons (Fsp3) is 0.500. The fourth-order valence-electron chi connectivity index (χ4n) is 2.25. The van der Waals surface area contributed by atoms with Gasteiger partial charge in [-0.05, 0) is 38.4 Å². The topological polar surface area (TPSA) is 32.3 Å². The number of hydrogen-bond acceptors (Lipinski definition) is 2. The van der Waals surface area contributed by atoms with Crippen LogP contribution in [-0.2, 0) is 11.2 Å². The molecule has 1 atom stereocenters. The average molecular weight is 232 g/mol. The minimum absolute atomic E-state index is 0.247. The van der Waals surface area contributed by atoms with Gasteiger partial charge in [0.15, 0.2) is 0 Å². The molecule has 0 saturated heterocycles. The standard InChI is InChI=1S/C14H20N2O/c1-11(15-2)10-16-13-8-4-3-6-12(13)7-5-9-14(16)17/h3-4,6,8,11,15H,5,7,9-10H2,1-2H3. The molecule has 1 aromatic carbocycles. The molecule has 1 aromatic rings. The highest BCUT2D eigenvalue weighted by atomic mass is 16.2. The molecule has 0 bridgehead atoms. The van der Waals surface area contributed by atoms with Gasteiger partial charge in [0.2, 0.25) is 5.91 Å². The van der Waals surface area contributed by atoms with Crippen LogP contribution in [0.25, 0.3) is 0 Å². The predicted molar refractivity (Wildman–Crippen MR) is 70.3 cm³/mol. The summed E-state index contributed by atoms with van der Waals surface area (Å²) in [7, 11) is 1.93. The lowest BCUT2D eigenvalue weighted by Crippen LogP contribution is -2.41. The van der Waals surface area contributed by atoms with Crippen molar-refractivity contribution >= 4 is 11.6 Å². The first kappa shape index (κ1) is 12.1. The van der Waals surface area contributed by atoms with Crippen molar-refractivity contribution in [2.45, 2.75) is 32.2 Å². The molecular formula is C14H20N2O. The second-order valence-corrected chi connectivity index (χ2v) is 4.68. The maximum absolute atomic E-state index is 12.1. The molecule has 0 spiro atoms. The molecule has 92 valence electrons. The zero-order chi connectivity index (χ0) is 12.3. The molecule has 2 rings (SSSR count). The molecule has 0 radical (unpaired) electrons. The van der Waals surface area contributed by atoms with E-state index in [9.17, 15) is 4.79 Å². The highest BCUT2D eigenvalue weighted by Gasteiger charge is 2.22. The number of para-hydroxylation sites is 1. The molecule has 1 N–H and O–H groups in total. The summed E-state index contributed by atoms with van der Waals surface area (Å²) >= 11 is 0. The molecule has 1 heterocycles. The quantitative estimate of drug-likeness (QED) is 0.864. The number of nitrogens with one attached hydrogen (secondary N) is 1. The van der Waals surface area contributed by atoms with E-state index in [4.69, 9.17) is 0 Å². The summed E-state index contributed by atoms with van der Waals surface area (Å²) in [6, 6.07) is 8.56. The Morgan fingerprint density at radius 2 is 2.12 bits per heavy atom. The van der Waals surface area contributed by atoms with Crippen LogP contribution >= 0.6 is 0 Å². The molecule has 1 aliphatic heterocycles. The smallest absolute Gasteiger partial charge is 0.227 e. The second-order valence-electron chi connectivity index (χ2n) is 4.68. The first-order valence-electron chi connectivity index (χ1n) is 6.28. The van der Waals surface area contributed by atoms with Crippen LogP contribution in [0.3, 0.4) is 0 Å². The highest BCUT2D eigenvalue weighted by molar-refractivity contribution is 5.94. The lowest BCUT2D eigenvalue weighted by Gasteiger charge is -2.26. The van der Waals surface area contributed by atoms with E-state index in [1.807, 2.05) is 24.1 Å². The maximum Gasteiger partial charge on any atom is 0.227 e. The van der Waals surface area contributed by atoms with E-state index in [2.05, 4.69) is 24.4 Å². The largest absolute Gasteiger partial charge is 0.315 e. The predicted octanol–water partition coefficient (Wildman–Crippen LogP) is 1.96. The summed E-state index contributed by atoms with van der Waals surface area (Å²) in [6.07, 6.45) is 2.62. The Hall–Kier alpha value is -1.35. The van der Waals surface area contributed by atoms with Gasteiger partial charge >= 0.3 is 0 Å². The molecule has 1 unspecified atom stereocenters. The summed E-state index contributed by atoms with van der Waals surface area (Å²) in [4.78, 5) is 14.1. The Labute approximate surface area is 103 Å². The third-order valence-electron chi connectivity index (χ3n) is 3.37. The summed E-state index contributed by atoms with van der Waals surface area (Å²) < 4.78 is 0. The molecule has 1 amide bonds. The van der Waals surface area contributed by atoms with E-state index >= 15 is 0 Å². The summed E-state index contributed by atoms with van der Waals surface area (Å²) in [5.41, 5.74) is 2.39. The van der Waals surface area contributed by atoms with Crippen molar-refractivity contribution in [3.8, 4) is 0 Å². The first-order valence-corrected chi connectivity index (χ1v) is 6.28. The number of amides is 1. The van der Waals surface area contributed by atoms with Crippen LogP contribution < -0.4 is 10.2 Å². The van der Waals surface area contributed by atoms with E-state index < -0.39 is 0 Å². The third kappa shape index (κ3) is 2.67. The Morgan fingerprint density at radius 1 is 1.35 bits per heavy atom. The van der Waals surface area contributed by atoms with Crippen molar-refractivity contribution in [1.82, 2.24) is 5.32 Å². The number of nitrogens with zero attached hydrogens (tertiary/aromatic N) is 1. The van der Waals surface area contributed by atoms with Gasteiger partial charge in [-0.1, -0.05) is 18.2 Å². The molecule has 3 heteroatoms. The number of aryl methyl sites for hydroxylation is 1. The van der Waals surface area contributed by atoms with Crippen molar-refractivity contribution in [2.24, 2.45) is 0 Å². The molecule has 1 aliphatic rings. The van der Waals surface area contributed by atoms with Crippen molar-refractivity contribution < 1.29 is 4.79 Å². The molecule has 0 fully saturated rings. The Bertz CT molecular complexity index is 403. The van der Waals surface area contributed by atoms with Gasteiger partial charge in [-0.25, -0.2) is 0 Å². The van der Waals surface area contributed by atoms with Crippen LogP contribution in [0.4, 0.5) is 5.69 Å². The summed E-state index contributed by atoms with van der Waals surface area (Å²) in [5, 5.41) is 3.19. The van der Waals surface area contributed by atoms with Gasteiger partial charge in [0.1, 0.15) is 0 Å². The maximum atomic E-state index is 12.1. The van der Waals surface area contributed by atoms with Crippen molar-refractivity contribution in [2.75, 3.05) is 18.5 Å². The number of fused-ring (bicyclic) bond motifs is 1. The lowest BCUT2D eigenvalue weighted by molar-refractivity contribution is -0.118. The highest BCUT2D eigenvalue weighted by Crippen LogP contribution is 2.26. The molecular weight excluding hydrogens is 212 g/mol. The van der Waals surface area contributed by atoms with Crippen LogP contribution in [0, 0.1) is 0 Å². The SMILES string of the molecule is CNC(C)CN1C(=O)CCCc2ccccc21. The number of anilines is 1. The Morgan fingerprint density at radius 3 is 2.88 bits per heavy atom. The molecule has 0 saturated carbocycles. The van der Waals surface area contributed by atoms with E-state index in [0.717, 1.165) is 25.1 Å². The van der Waals surface area contributed by atoms with Crippen LogP contribution in [-0.4, -0.2) is 25.5 Å². The van der Waals surface area contributed by atoms with Gasteiger partial charge in [0, 0.05) is 24.7 Å². The van der Waals surface area contributed by atoms with Crippen molar-refractivity contribution in [1.29, 1.82) is 0 Å². The van der Waals surface area contributed by atoms with Crippen LogP contribution in [0.2, 0.25) is 0 Å². The lowest BCUT2D eigenvalue weighted by atomic mass is 10.1. The molecule has 0 aromatic heterocycles. The van der Waals surface area contributed by atoms with Gasteiger partial charge < -0.3 is 10.2 Å². The van der Waals surface area contributed by atoms with Crippen molar-refractivity contribution in [3.63, 3.8) is 0 Å². The summed E-state index contributed by atoms with van der Waals surface area (Å²) in [6.45, 7) is 2.84. The van der Waals surface area contributed by atoms with Crippen LogP contribution in [0.15, 0.2) is 24.3 Å². The van der Waals surface area contributed by atoms with Gasteiger partial charge in [0.25, 0.3) is 0 Å². The monoisotopic (exact) mass is 232 g/mol. The number of rotatable bonds is 3. The van der Waals surface area contributed by atoms with Gasteiger partial charge in [-0.3, -0.25) is 4.79 Å². The van der Waals surface area contributed by atoms with Gasteiger partial charge in [-0.15, -0.1) is 0 Å².